The molecule has 8 aromatic rings. The van der Waals surface area contributed by atoms with Gasteiger partial charge in [0, 0.05) is 46.3 Å². The Morgan fingerprint density at radius 3 is 1.57 bits per heavy atom. The summed E-state index contributed by atoms with van der Waals surface area (Å²) in [5.74, 6) is 0.308. The van der Waals surface area contributed by atoms with Crippen molar-refractivity contribution >= 4 is 92.5 Å². The molecule has 354 valence electrons. The third-order valence-corrected chi connectivity index (χ3v) is 10.8. The van der Waals surface area contributed by atoms with Crippen LogP contribution < -0.4 is 33.2 Å². The number of allylic oxidation sites excluding steroid dienone is 2. The Bertz CT molecular complexity index is 3220. The molecule has 15 nitrogen and oxygen atoms in total. The van der Waals surface area contributed by atoms with Gasteiger partial charge < -0.3 is 38.3 Å². The van der Waals surface area contributed by atoms with Crippen LogP contribution in [0.2, 0.25) is 10.0 Å². The van der Waals surface area contributed by atoms with Crippen LogP contribution in [-0.2, 0) is 12.8 Å². The molecule has 2 aliphatic rings. The number of carbonyl (C=O) groups excluding carboxylic acids is 1. The first-order valence-corrected chi connectivity index (χ1v) is 21.6. The van der Waals surface area contributed by atoms with Gasteiger partial charge in [0.05, 0.1) is 53.5 Å². The van der Waals surface area contributed by atoms with Gasteiger partial charge in [0.25, 0.3) is 5.91 Å². The fourth-order valence-corrected chi connectivity index (χ4v) is 7.46. The Labute approximate surface area is 414 Å². The lowest BCUT2D eigenvalue weighted by Gasteiger charge is -2.11. The quantitative estimate of drug-likeness (QED) is 0.0665. The molecule has 4 heterocycles. The highest BCUT2D eigenvalue weighted by atomic mass is 35.5. The monoisotopic (exact) mass is 977 g/mol. The number of hydrogen-bond acceptors (Lipinski definition) is 13. The molecule has 2 aliphatic carbocycles. The van der Waals surface area contributed by atoms with Crippen LogP contribution in [-0.4, -0.2) is 54.0 Å². The summed E-state index contributed by atoms with van der Waals surface area (Å²) >= 11 is 12.8. The van der Waals surface area contributed by atoms with E-state index in [1.165, 1.54) is 41.2 Å². The summed E-state index contributed by atoms with van der Waals surface area (Å²) in [7, 11) is -1.00. The molecular formula is C52H47Cl2FN12O3. The van der Waals surface area contributed by atoms with Gasteiger partial charge in [-0.2, -0.15) is 0 Å². The Morgan fingerprint density at radius 1 is 0.614 bits per heavy atom. The third kappa shape index (κ3) is 12.8. The molecule has 0 fully saturated rings. The predicted molar refractivity (Wildman–Crippen MR) is 278 cm³/mol. The van der Waals surface area contributed by atoms with Crippen LogP contribution in [0, 0.1) is 0 Å². The van der Waals surface area contributed by atoms with Gasteiger partial charge in [-0.15, -0.1) is 0 Å². The number of benzene rings is 4. The molecule has 10 rings (SSSR count). The third-order valence-electron chi connectivity index (χ3n) is 10.3. The van der Waals surface area contributed by atoms with Crippen molar-refractivity contribution in [1.29, 1.82) is 0 Å². The van der Waals surface area contributed by atoms with E-state index < -0.39 is 13.1 Å². The van der Waals surface area contributed by atoms with Crippen LogP contribution in [0.5, 0.6) is 0 Å². The number of nitrogens with zero attached hydrogens (tertiary/aromatic N) is 6. The minimum Gasteiger partial charge on any atom is -0.478 e. The minimum atomic E-state index is -1.00. The maximum absolute atomic E-state index is 12.5. The van der Waals surface area contributed by atoms with Crippen LogP contribution in [0.25, 0.3) is 11.1 Å². The topological polar surface area (TPSA) is 246 Å². The summed E-state index contributed by atoms with van der Waals surface area (Å²) in [4.78, 5) is 48.1. The van der Waals surface area contributed by atoms with Crippen molar-refractivity contribution in [2.45, 2.75) is 20.3 Å². The first-order valence-electron chi connectivity index (χ1n) is 21.5. The number of alkyl halides is 1. The lowest BCUT2D eigenvalue weighted by atomic mass is 10.0. The van der Waals surface area contributed by atoms with Crippen molar-refractivity contribution in [2.75, 3.05) is 40.3 Å². The highest BCUT2D eigenvalue weighted by molar-refractivity contribution is 6.32. The number of nitrogens with one attached hydrogen (secondary N) is 3. The SMILES string of the molecule is C.Nc1ccc(C(=O)Nc2cccc(Nc3ncc(Cl)c(C4=CCc5ccccc54)n3)c2)cn1.Nc1ccc(C(=O)O)cn1.Nc1cccc(Nc2ncc(Cl)c(C3=CCc4ccccc43)n2)c1.[2H]CF. The number of aromatic carboxylic acids is 1. The summed E-state index contributed by atoms with van der Waals surface area (Å²) in [6.07, 6.45) is 11.9. The van der Waals surface area contributed by atoms with Gasteiger partial charge in [-0.3, -0.25) is 9.18 Å². The Hall–Kier alpha value is -8.73. The number of carboxylic acid groups (broad SMARTS) is 1. The number of carboxylic acids is 1. The molecule has 0 saturated carbocycles. The van der Waals surface area contributed by atoms with E-state index in [4.69, 9.17) is 46.9 Å². The van der Waals surface area contributed by atoms with E-state index in [1.54, 1.807) is 36.7 Å². The Morgan fingerprint density at radius 2 is 1.09 bits per heavy atom. The molecule has 0 aliphatic heterocycles. The predicted octanol–water partition coefficient (Wildman–Crippen LogP) is 11.1. The van der Waals surface area contributed by atoms with Crippen molar-refractivity contribution < 1.29 is 20.5 Å². The molecule has 1 amide bonds. The lowest BCUT2D eigenvalue weighted by Crippen LogP contribution is -2.12. The van der Waals surface area contributed by atoms with Crippen molar-refractivity contribution in [1.82, 2.24) is 29.9 Å². The summed E-state index contributed by atoms with van der Waals surface area (Å²) < 4.78 is 15.5. The van der Waals surface area contributed by atoms with Gasteiger partial charge >= 0.3 is 5.97 Å². The molecule has 0 spiro atoms. The van der Waals surface area contributed by atoms with E-state index in [1.807, 2.05) is 60.7 Å². The number of aromatic nitrogens is 6. The normalized spacial score (nSPS) is 11.6. The van der Waals surface area contributed by atoms with Gasteiger partial charge in [0.2, 0.25) is 11.9 Å². The second-order valence-corrected chi connectivity index (χ2v) is 15.7. The van der Waals surface area contributed by atoms with Crippen LogP contribution >= 0.6 is 23.2 Å². The number of pyridine rings is 2. The van der Waals surface area contributed by atoms with Gasteiger partial charge in [-0.05, 0) is 95.8 Å². The van der Waals surface area contributed by atoms with Crippen LogP contribution in [0.15, 0.2) is 158 Å². The fraction of sp³-hybridized carbons (Fsp3) is 0.0769. The molecule has 0 bridgehead atoms. The molecule has 0 radical (unpaired) electrons. The maximum Gasteiger partial charge on any atom is 0.337 e. The average molecular weight is 979 g/mol. The summed E-state index contributed by atoms with van der Waals surface area (Å²) in [5.41, 5.74) is 28.3. The lowest BCUT2D eigenvalue weighted by molar-refractivity contribution is 0.0696. The van der Waals surface area contributed by atoms with E-state index in [-0.39, 0.29) is 18.9 Å². The molecule has 4 aromatic heterocycles. The highest BCUT2D eigenvalue weighted by Gasteiger charge is 2.21. The summed E-state index contributed by atoms with van der Waals surface area (Å²) in [6, 6.07) is 37.3. The van der Waals surface area contributed by atoms with E-state index in [9.17, 15) is 14.0 Å². The smallest absolute Gasteiger partial charge is 0.337 e. The van der Waals surface area contributed by atoms with Gasteiger partial charge in [0.1, 0.15) is 11.6 Å². The first-order chi connectivity index (χ1) is 33.9. The molecule has 0 unspecified atom stereocenters. The average Bonchev–Trinajstić information content (AvgIpc) is 3.99. The number of nitrogens with two attached hydrogens (primary N) is 3. The van der Waals surface area contributed by atoms with E-state index >= 15 is 0 Å². The number of carbonyl (C=O) groups is 2. The van der Waals surface area contributed by atoms with Crippen LogP contribution in [0.3, 0.4) is 0 Å². The van der Waals surface area contributed by atoms with Gasteiger partial charge in [-0.25, -0.2) is 34.7 Å². The highest BCUT2D eigenvalue weighted by Crippen LogP contribution is 2.37. The van der Waals surface area contributed by atoms with Gasteiger partial charge in [0.15, 0.2) is 0 Å². The zero-order chi connectivity index (χ0) is 49.6. The standard InChI is InChI=1S/C25H19ClN6O.C19H15ClN4.C6H6N2O2.CH3F.CH4/c26-21-14-29-25(32-23(21)20-10-8-15-4-1-2-7-19(15)20)31-18-6-3-5-17(12-18)30-24(33)16-9-11-22(27)28-13-16;20-17-11-22-19(23-14-6-3-5-13(21)10-14)24-18(17)16-9-8-12-4-1-2-7-15(12)16;7-5-2-1-4(3-8-5)6(9)10;1-2;/h1-7,9-14H,8H2,(H2,27,28)(H,30,33)(H,29,31,32);1-7,9-11H,8,21H2,(H,22,23,24);1-3H,(H2,7,8)(H,9,10);1H3;1H4/i;;;1D;. The Kier molecular flexibility index (Phi) is 16.7. The molecule has 10 N–H and O–H groups in total. The number of halogens is 3. The van der Waals surface area contributed by atoms with Crippen molar-refractivity contribution in [2.24, 2.45) is 0 Å². The summed E-state index contributed by atoms with van der Waals surface area (Å²) in [6.45, 7) is 0. The van der Waals surface area contributed by atoms with E-state index in [0.29, 0.717) is 56.2 Å². The molecule has 18 heteroatoms. The van der Waals surface area contributed by atoms with E-state index in [0.717, 1.165) is 46.6 Å². The number of nitrogen functional groups attached to an aromatic ring is 3. The van der Waals surface area contributed by atoms with Crippen molar-refractivity contribution in [3.05, 3.63) is 213 Å². The maximum atomic E-state index is 12.5. The second kappa shape index (κ2) is 23.8. The van der Waals surface area contributed by atoms with Gasteiger partial charge in [-0.1, -0.05) is 103 Å². The molecule has 0 saturated heterocycles. The van der Waals surface area contributed by atoms with Crippen LogP contribution in [0.1, 0.15) is 63.2 Å². The molecule has 70 heavy (non-hydrogen) atoms. The fourth-order valence-electron chi connectivity index (χ4n) is 7.07. The molecule has 4 aromatic carbocycles. The first kappa shape index (κ1) is 49.2. The number of fused-ring (bicyclic) bond motifs is 2. The number of rotatable bonds is 9. The molecule has 0 atom stereocenters. The summed E-state index contributed by atoms with van der Waals surface area (Å²) in [5, 5.41) is 18.6. The Balaban J connectivity index is 0.000000189. The number of anilines is 8. The number of amides is 1. The number of hydrogen-bond donors (Lipinski definition) is 7. The zero-order valence-electron chi connectivity index (χ0n) is 37.4. The van der Waals surface area contributed by atoms with Crippen LogP contribution in [0.4, 0.5) is 50.7 Å². The second-order valence-electron chi connectivity index (χ2n) is 14.9. The van der Waals surface area contributed by atoms with Crippen molar-refractivity contribution in [3.8, 4) is 0 Å². The van der Waals surface area contributed by atoms with Crippen molar-refractivity contribution in [3.63, 3.8) is 0 Å². The molecular weight excluding hydrogens is 931 g/mol. The largest absolute Gasteiger partial charge is 0.478 e. The van der Waals surface area contributed by atoms with E-state index in [2.05, 4.69) is 82.3 Å². The minimum absolute atomic E-state index is 0. The zero-order valence-corrected chi connectivity index (χ0v) is 38.0.